The summed E-state index contributed by atoms with van der Waals surface area (Å²) in [6.07, 6.45) is 0. The molecule has 118 valence electrons. The lowest BCUT2D eigenvalue weighted by Crippen LogP contribution is -2.34. The Morgan fingerprint density at radius 3 is 2.68 bits per heavy atom. The number of likely N-dealkylation sites (N-methyl/N-ethyl adjacent to an activating group) is 1. The number of carbonyl (C=O) groups is 1. The Morgan fingerprint density at radius 2 is 2.05 bits per heavy atom. The number of amides is 1. The van der Waals surface area contributed by atoms with E-state index in [0.29, 0.717) is 18.7 Å². The molecule has 1 aromatic heterocycles. The summed E-state index contributed by atoms with van der Waals surface area (Å²) in [7, 11) is 1.86. The topological polar surface area (TPSA) is 45.5 Å². The summed E-state index contributed by atoms with van der Waals surface area (Å²) < 4.78 is 18.7. The van der Waals surface area contributed by atoms with Gasteiger partial charge in [0, 0.05) is 6.54 Å². The second-order valence-electron chi connectivity index (χ2n) is 5.54. The molecule has 0 spiro atoms. The molecule has 0 saturated heterocycles. The highest BCUT2D eigenvalue weighted by Crippen LogP contribution is 2.10. The van der Waals surface area contributed by atoms with Crippen molar-refractivity contribution in [2.75, 3.05) is 13.6 Å². The molecule has 0 radical (unpaired) electrons. The van der Waals surface area contributed by atoms with Gasteiger partial charge in [-0.05, 0) is 50.2 Å². The number of rotatable bonds is 6. The lowest BCUT2D eigenvalue weighted by molar-refractivity contribution is -0.122. The smallest absolute Gasteiger partial charge is 0.234 e. The number of halogens is 1. The van der Waals surface area contributed by atoms with E-state index in [1.54, 1.807) is 19.1 Å². The van der Waals surface area contributed by atoms with Gasteiger partial charge in [0.1, 0.15) is 17.3 Å². The standard InChI is InChI=1S/C17H21FN2O2/c1-12-8-14(5-7-16(12)18)9-19-17(21)11-20(3)10-15-6-4-13(2)22-15/h4-8H,9-11H2,1-3H3,(H,19,21). The van der Waals surface area contributed by atoms with E-state index in [4.69, 9.17) is 4.42 Å². The first-order chi connectivity index (χ1) is 10.4. The van der Waals surface area contributed by atoms with Crippen LogP contribution >= 0.6 is 0 Å². The Morgan fingerprint density at radius 1 is 1.27 bits per heavy atom. The summed E-state index contributed by atoms with van der Waals surface area (Å²) in [5.74, 6) is 1.39. The van der Waals surface area contributed by atoms with Gasteiger partial charge in [0.05, 0.1) is 13.1 Å². The number of hydrogen-bond donors (Lipinski definition) is 1. The highest BCUT2D eigenvalue weighted by atomic mass is 19.1. The fourth-order valence-electron chi connectivity index (χ4n) is 2.21. The molecule has 0 unspecified atom stereocenters. The highest BCUT2D eigenvalue weighted by Gasteiger charge is 2.09. The molecular formula is C17H21FN2O2. The van der Waals surface area contributed by atoms with Crippen LogP contribution in [0.2, 0.25) is 0 Å². The van der Waals surface area contributed by atoms with Crippen molar-refractivity contribution in [1.82, 2.24) is 10.2 Å². The third kappa shape index (κ3) is 4.70. The van der Waals surface area contributed by atoms with Crippen molar-refractivity contribution in [3.8, 4) is 0 Å². The fraction of sp³-hybridized carbons (Fsp3) is 0.353. The van der Waals surface area contributed by atoms with Gasteiger partial charge in [-0.2, -0.15) is 0 Å². The number of hydrogen-bond acceptors (Lipinski definition) is 3. The van der Waals surface area contributed by atoms with Crippen molar-refractivity contribution in [2.24, 2.45) is 0 Å². The van der Waals surface area contributed by atoms with Crippen LogP contribution in [0.1, 0.15) is 22.6 Å². The minimum Gasteiger partial charge on any atom is -0.465 e. The van der Waals surface area contributed by atoms with E-state index in [0.717, 1.165) is 17.1 Å². The van der Waals surface area contributed by atoms with Crippen LogP contribution in [-0.4, -0.2) is 24.4 Å². The van der Waals surface area contributed by atoms with Crippen LogP contribution in [0.25, 0.3) is 0 Å². The third-order valence-corrected chi connectivity index (χ3v) is 3.35. The number of benzene rings is 1. The van der Waals surface area contributed by atoms with E-state index >= 15 is 0 Å². The normalized spacial score (nSPS) is 11.0. The van der Waals surface area contributed by atoms with E-state index in [9.17, 15) is 9.18 Å². The molecule has 1 amide bonds. The largest absolute Gasteiger partial charge is 0.465 e. The number of nitrogens with zero attached hydrogens (tertiary/aromatic N) is 1. The molecule has 0 saturated carbocycles. The minimum absolute atomic E-state index is 0.0762. The Kier molecular flexibility index (Phi) is 5.33. The maximum absolute atomic E-state index is 13.2. The van der Waals surface area contributed by atoms with Gasteiger partial charge in [0.15, 0.2) is 0 Å². The lowest BCUT2D eigenvalue weighted by Gasteiger charge is -2.15. The summed E-state index contributed by atoms with van der Waals surface area (Å²) in [6, 6.07) is 8.65. The highest BCUT2D eigenvalue weighted by molar-refractivity contribution is 5.77. The van der Waals surface area contributed by atoms with Gasteiger partial charge in [-0.25, -0.2) is 4.39 Å². The molecule has 0 bridgehead atoms. The van der Waals surface area contributed by atoms with Crippen LogP contribution in [0, 0.1) is 19.7 Å². The second-order valence-corrected chi connectivity index (χ2v) is 5.54. The predicted molar refractivity (Wildman–Crippen MR) is 82.8 cm³/mol. The van der Waals surface area contributed by atoms with Crippen molar-refractivity contribution < 1.29 is 13.6 Å². The molecular weight excluding hydrogens is 283 g/mol. The van der Waals surface area contributed by atoms with Crippen LogP contribution in [0.4, 0.5) is 4.39 Å². The van der Waals surface area contributed by atoms with Crippen LogP contribution in [0.3, 0.4) is 0 Å². The summed E-state index contributed by atoms with van der Waals surface area (Å²) in [5.41, 5.74) is 1.47. The quantitative estimate of drug-likeness (QED) is 0.892. The Balaban J connectivity index is 1.78. The van der Waals surface area contributed by atoms with Crippen molar-refractivity contribution in [1.29, 1.82) is 0 Å². The molecule has 0 aliphatic heterocycles. The molecule has 1 heterocycles. The van der Waals surface area contributed by atoms with Crippen molar-refractivity contribution >= 4 is 5.91 Å². The van der Waals surface area contributed by atoms with Gasteiger partial charge in [0.25, 0.3) is 0 Å². The molecule has 1 N–H and O–H groups in total. The number of nitrogens with one attached hydrogen (secondary N) is 1. The van der Waals surface area contributed by atoms with Gasteiger partial charge in [-0.15, -0.1) is 0 Å². The maximum Gasteiger partial charge on any atom is 0.234 e. The SMILES string of the molecule is Cc1ccc(CN(C)CC(=O)NCc2ccc(F)c(C)c2)o1. The second kappa shape index (κ2) is 7.22. The maximum atomic E-state index is 13.2. The average molecular weight is 304 g/mol. The lowest BCUT2D eigenvalue weighted by atomic mass is 10.1. The number of furan rings is 1. The Labute approximate surface area is 129 Å². The van der Waals surface area contributed by atoms with E-state index in [1.165, 1.54) is 6.07 Å². The first-order valence-electron chi connectivity index (χ1n) is 7.19. The molecule has 2 rings (SSSR count). The summed E-state index contributed by atoms with van der Waals surface area (Å²) >= 11 is 0. The zero-order chi connectivity index (χ0) is 16.1. The van der Waals surface area contributed by atoms with Gasteiger partial charge in [-0.1, -0.05) is 12.1 Å². The zero-order valence-corrected chi connectivity index (χ0v) is 13.1. The van der Waals surface area contributed by atoms with Crippen molar-refractivity contribution in [2.45, 2.75) is 26.9 Å². The molecule has 0 aliphatic carbocycles. The zero-order valence-electron chi connectivity index (χ0n) is 13.1. The Bertz CT molecular complexity index is 652. The number of aryl methyl sites for hydroxylation is 2. The van der Waals surface area contributed by atoms with Gasteiger partial charge >= 0.3 is 0 Å². The summed E-state index contributed by atoms with van der Waals surface area (Å²) in [6.45, 7) is 4.85. The fourth-order valence-corrected chi connectivity index (χ4v) is 2.21. The molecule has 0 fully saturated rings. The molecule has 5 heteroatoms. The minimum atomic E-state index is -0.233. The van der Waals surface area contributed by atoms with Crippen molar-refractivity contribution in [3.05, 3.63) is 58.8 Å². The molecule has 2 aromatic rings. The van der Waals surface area contributed by atoms with Crippen LogP contribution in [-0.2, 0) is 17.9 Å². The van der Waals surface area contributed by atoms with E-state index in [-0.39, 0.29) is 18.3 Å². The van der Waals surface area contributed by atoms with Gasteiger partial charge in [-0.3, -0.25) is 9.69 Å². The monoisotopic (exact) mass is 304 g/mol. The predicted octanol–water partition coefficient (Wildman–Crippen LogP) is 2.78. The van der Waals surface area contributed by atoms with Gasteiger partial charge < -0.3 is 9.73 Å². The van der Waals surface area contributed by atoms with Crippen LogP contribution < -0.4 is 5.32 Å². The van der Waals surface area contributed by atoms with E-state index in [2.05, 4.69) is 5.32 Å². The van der Waals surface area contributed by atoms with Crippen LogP contribution in [0.5, 0.6) is 0 Å². The van der Waals surface area contributed by atoms with E-state index in [1.807, 2.05) is 31.0 Å². The number of carbonyl (C=O) groups excluding carboxylic acids is 1. The average Bonchev–Trinajstić information content (AvgIpc) is 2.85. The summed E-state index contributed by atoms with van der Waals surface area (Å²) in [5, 5.41) is 2.83. The van der Waals surface area contributed by atoms with Crippen LogP contribution in [0.15, 0.2) is 34.7 Å². The molecule has 0 aliphatic rings. The van der Waals surface area contributed by atoms with Gasteiger partial charge in [0.2, 0.25) is 5.91 Å². The molecule has 0 atom stereocenters. The summed E-state index contributed by atoms with van der Waals surface area (Å²) in [4.78, 5) is 13.8. The molecule has 1 aromatic carbocycles. The third-order valence-electron chi connectivity index (χ3n) is 3.35. The van der Waals surface area contributed by atoms with E-state index < -0.39 is 0 Å². The first-order valence-corrected chi connectivity index (χ1v) is 7.19. The molecule has 4 nitrogen and oxygen atoms in total. The first kappa shape index (κ1) is 16.2. The molecule has 22 heavy (non-hydrogen) atoms. The van der Waals surface area contributed by atoms with Crippen molar-refractivity contribution in [3.63, 3.8) is 0 Å². The Hall–Kier alpha value is -2.14.